The van der Waals surface area contributed by atoms with Gasteiger partial charge < -0.3 is 126 Å². The summed E-state index contributed by atoms with van der Waals surface area (Å²) in [6, 6.07) is 30.8. The monoisotopic (exact) mass is 1200 g/mol. The van der Waals surface area contributed by atoms with Gasteiger partial charge in [0.25, 0.3) is 0 Å². The molecule has 290 valence electrons. The summed E-state index contributed by atoms with van der Waals surface area (Å²) in [5, 5.41) is 0. The molecule has 0 saturated carbocycles. The third-order valence-corrected chi connectivity index (χ3v) is 8.03. The Bertz CT molecular complexity index is 1080. The normalized spacial score (nSPS) is 8.25. The van der Waals surface area contributed by atoms with Crippen LogP contribution >= 0.6 is 36.7 Å². The van der Waals surface area contributed by atoms with Crippen LogP contribution in [0.1, 0.15) is 61.3 Å². The SMILES string of the molecule is C.C.C.C.C.C.S=C([S-])N(CCN(CCN(Cc1ccccc1)C(=S)[S-])CCN(Cc1ccccc1)C(=S)[S-])Cc1ccccc1.[Cl-].[Cl-].[Cl-].[Sn+2].[Sn+2].[Sn+2]. The van der Waals surface area contributed by atoms with Crippen LogP contribution < -0.4 is 37.2 Å². The van der Waals surface area contributed by atoms with E-state index < -0.39 is 0 Å². The molecular weight excluding hydrogens is 1140 g/mol. The Hall–Kier alpha value is 1.22. The molecule has 0 aromatic heterocycles. The van der Waals surface area contributed by atoms with Crippen LogP contribution in [0.15, 0.2) is 91.0 Å². The molecule has 0 heterocycles. The molecule has 16 heteroatoms. The molecule has 52 heavy (non-hydrogen) atoms. The summed E-state index contributed by atoms with van der Waals surface area (Å²) in [5.74, 6) is 0. The average Bonchev–Trinajstić information content (AvgIpc) is 2.95. The minimum Gasteiger partial charge on any atom is -1.00 e. The summed E-state index contributed by atoms with van der Waals surface area (Å²) in [5.41, 5.74) is 3.53. The molecule has 0 aliphatic rings. The molecule has 0 N–H and O–H groups in total. The number of hydrogen-bond acceptors (Lipinski definition) is 7. The zero-order valence-corrected chi connectivity index (χ0v) is 40.6. The minimum atomic E-state index is 0. The van der Waals surface area contributed by atoms with E-state index in [1.54, 1.807) is 0 Å². The fraction of sp³-hybridized carbons (Fsp3) is 0.417. The van der Waals surface area contributed by atoms with Crippen LogP contribution in [0, 0.1) is 0 Å². The van der Waals surface area contributed by atoms with Gasteiger partial charge in [0.1, 0.15) is 0 Å². The molecule has 0 bridgehead atoms. The summed E-state index contributed by atoms with van der Waals surface area (Å²) in [7, 11) is 0. The largest absolute Gasteiger partial charge is 2.00 e. The van der Waals surface area contributed by atoms with Crippen molar-refractivity contribution in [3.8, 4) is 0 Å². The average molecular weight is 1200 g/mol. The second-order valence-corrected chi connectivity index (χ2v) is 12.5. The molecule has 0 amide bonds. The van der Waals surface area contributed by atoms with Crippen molar-refractivity contribution >= 4 is 159 Å². The molecule has 0 aliphatic heterocycles. The van der Waals surface area contributed by atoms with Gasteiger partial charge in [-0.3, -0.25) is 4.90 Å². The van der Waals surface area contributed by atoms with Crippen molar-refractivity contribution in [1.82, 2.24) is 19.6 Å². The van der Waals surface area contributed by atoms with Gasteiger partial charge >= 0.3 is 71.7 Å². The quantitative estimate of drug-likeness (QED) is 0.106. The zero-order valence-electron chi connectivity index (χ0n) is 24.9. The Morgan fingerprint density at radius 2 is 0.577 bits per heavy atom. The molecule has 6 radical (unpaired) electrons. The Kier molecular flexibility index (Phi) is 67.1. The minimum absolute atomic E-state index is 0. The van der Waals surface area contributed by atoms with Crippen molar-refractivity contribution in [1.29, 1.82) is 0 Å². The number of halogens is 3. The standard InChI is InChI=1S/C30H36N4S6.6CH4.3ClH.3Sn/c35-28(36)32(22-25-10-4-1-5-11-25)19-16-31(17-20-33(29(37)38)23-26-12-6-2-7-13-26)18-21-34(30(39)40)24-27-14-8-3-9-15-27;;;;;;;;;;;;/h1-15H,16-24H2,(H,35,36)(H,37,38)(H,39,40);6*1H4;3*1H;;;/q;;;;;;;;;;3*+2/p-6. The summed E-state index contributed by atoms with van der Waals surface area (Å²) >= 11 is 32.6. The van der Waals surface area contributed by atoms with E-state index in [9.17, 15) is 0 Å². The van der Waals surface area contributed by atoms with Crippen molar-refractivity contribution in [3.05, 3.63) is 108 Å². The molecule has 0 unspecified atom stereocenters. The van der Waals surface area contributed by atoms with Crippen molar-refractivity contribution < 1.29 is 37.2 Å². The van der Waals surface area contributed by atoms with Crippen LogP contribution in [0.3, 0.4) is 0 Å². The summed E-state index contributed by atoms with van der Waals surface area (Å²) in [6.45, 7) is 6.52. The van der Waals surface area contributed by atoms with Gasteiger partial charge in [-0.15, -0.1) is 0 Å². The van der Waals surface area contributed by atoms with Crippen molar-refractivity contribution in [3.63, 3.8) is 0 Å². The number of benzene rings is 3. The van der Waals surface area contributed by atoms with Crippen LogP contribution in [-0.2, 0) is 57.5 Å². The van der Waals surface area contributed by atoms with Gasteiger partial charge in [0.2, 0.25) is 0 Å². The van der Waals surface area contributed by atoms with Crippen molar-refractivity contribution in [2.75, 3.05) is 39.3 Å². The zero-order chi connectivity index (χ0) is 28.7. The van der Waals surface area contributed by atoms with Gasteiger partial charge in [0.15, 0.2) is 0 Å². The van der Waals surface area contributed by atoms with E-state index in [-0.39, 0.29) is 154 Å². The van der Waals surface area contributed by atoms with Crippen molar-refractivity contribution in [2.24, 2.45) is 0 Å². The van der Waals surface area contributed by atoms with E-state index in [2.05, 4.69) is 56.0 Å². The van der Waals surface area contributed by atoms with Crippen LogP contribution in [0.5, 0.6) is 0 Å². The molecule has 4 nitrogen and oxygen atoms in total. The number of hydrogen-bond donors (Lipinski definition) is 0. The third-order valence-electron chi connectivity index (χ3n) is 6.48. The van der Waals surface area contributed by atoms with Crippen LogP contribution in [0.25, 0.3) is 0 Å². The first-order chi connectivity index (χ1) is 19.3. The van der Waals surface area contributed by atoms with Gasteiger partial charge in [-0.2, -0.15) is 0 Å². The third kappa shape index (κ3) is 31.3. The van der Waals surface area contributed by atoms with Gasteiger partial charge in [-0.05, 0) is 16.7 Å². The Balaban J connectivity index is -0.000000184. The first kappa shape index (κ1) is 77.7. The van der Waals surface area contributed by atoms with Gasteiger partial charge in [-0.1, -0.05) is 149 Å². The first-order valence-electron chi connectivity index (χ1n) is 13.0. The second kappa shape index (κ2) is 44.9. The van der Waals surface area contributed by atoms with Gasteiger partial charge in [0.05, 0.1) is 0 Å². The van der Waals surface area contributed by atoms with Crippen molar-refractivity contribution in [2.45, 2.75) is 64.2 Å². The Morgan fingerprint density at radius 1 is 0.385 bits per heavy atom. The smallest absolute Gasteiger partial charge is 1.00 e. The van der Waals surface area contributed by atoms with E-state index in [0.29, 0.717) is 52.2 Å². The molecule has 3 rings (SSSR count). The molecule has 0 atom stereocenters. The molecule has 0 fully saturated rings. The summed E-state index contributed by atoms with van der Waals surface area (Å²) < 4.78 is 1.41. The van der Waals surface area contributed by atoms with E-state index >= 15 is 0 Å². The first-order valence-corrected chi connectivity index (χ1v) is 15.5. The predicted octanol–water partition coefficient (Wildman–Crippen LogP) is -1.02. The molecule has 0 saturated heterocycles. The van der Waals surface area contributed by atoms with E-state index in [1.165, 1.54) is 16.7 Å². The van der Waals surface area contributed by atoms with Crippen LogP contribution in [-0.4, -0.2) is 144 Å². The Labute approximate surface area is 421 Å². The second-order valence-electron chi connectivity index (χ2n) is 9.36. The maximum atomic E-state index is 5.44. The number of nitrogens with zero attached hydrogens (tertiary/aromatic N) is 4. The van der Waals surface area contributed by atoms with E-state index in [0.717, 1.165) is 19.6 Å². The van der Waals surface area contributed by atoms with Crippen LogP contribution in [0.2, 0.25) is 0 Å². The van der Waals surface area contributed by atoms with E-state index in [1.807, 2.05) is 54.6 Å². The fourth-order valence-electron chi connectivity index (χ4n) is 4.24. The molecule has 3 aromatic rings. The molecular formula is C36H57Cl3N4S6Sn3. The topological polar surface area (TPSA) is 13.0 Å². The summed E-state index contributed by atoms with van der Waals surface area (Å²) in [6.07, 6.45) is 0. The van der Waals surface area contributed by atoms with Gasteiger partial charge in [-0.25, -0.2) is 0 Å². The summed E-state index contributed by atoms with van der Waals surface area (Å²) in [4.78, 5) is 8.62. The number of rotatable bonds is 15. The van der Waals surface area contributed by atoms with Crippen LogP contribution in [0.4, 0.5) is 0 Å². The molecule has 0 aliphatic carbocycles. The maximum absolute atomic E-state index is 5.44. The molecule has 0 spiro atoms. The number of thiocarbonyl (C=S) groups is 3. The predicted molar refractivity (Wildman–Crippen MR) is 245 cm³/mol. The Morgan fingerprint density at radius 3 is 0.750 bits per heavy atom. The van der Waals surface area contributed by atoms with E-state index in [4.69, 9.17) is 74.5 Å². The van der Waals surface area contributed by atoms with Gasteiger partial charge in [0, 0.05) is 58.9 Å². The molecule has 3 aromatic carbocycles. The maximum Gasteiger partial charge on any atom is 2.00 e. The fourth-order valence-corrected chi connectivity index (χ4v) is 5.17.